The second-order valence-corrected chi connectivity index (χ2v) is 3.76. The average molecular weight is 229 g/mol. The van der Waals surface area contributed by atoms with E-state index in [1.807, 2.05) is 45.0 Å². The van der Waals surface area contributed by atoms with Crippen molar-refractivity contribution >= 4 is 11.6 Å². The summed E-state index contributed by atoms with van der Waals surface area (Å²) in [7, 11) is 0. The number of benzene rings is 1. The third-order valence-electron chi connectivity index (χ3n) is 2.19. The van der Waals surface area contributed by atoms with Gasteiger partial charge in [-0.15, -0.1) is 0 Å². The van der Waals surface area contributed by atoms with E-state index < -0.39 is 5.79 Å². The Bertz CT molecular complexity index is 306. The molecule has 0 unspecified atom stereocenters. The predicted molar refractivity (Wildman–Crippen MR) is 62.1 cm³/mol. The molecule has 0 N–H and O–H groups in total. The van der Waals surface area contributed by atoms with Gasteiger partial charge in [0.2, 0.25) is 0 Å². The van der Waals surface area contributed by atoms with Crippen molar-refractivity contribution in [3.8, 4) is 0 Å². The fraction of sp³-hybridized carbons (Fsp3) is 0.500. The van der Waals surface area contributed by atoms with E-state index in [0.717, 1.165) is 5.56 Å². The molecule has 0 saturated heterocycles. The summed E-state index contributed by atoms with van der Waals surface area (Å²) in [6.45, 7) is 7.00. The molecule has 0 spiro atoms. The summed E-state index contributed by atoms with van der Waals surface area (Å²) in [6, 6.07) is 7.56. The van der Waals surface area contributed by atoms with Crippen LogP contribution in [0, 0.1) is 0 Å². The number of hydrogen-bond acceptors (Lipinski definition) is 2. The third kappa shape index (κ3) is 3.20. The summed E-state index contributed by atoms with van der Waals surface area (Å²) in [5.74, 6) is -0.700. The molecule has 0 heterocycles. The summed E-state index contributed by atoms with van der Waals surface area (Å²) < 4.78 is 11.3. The zero-order valence-electron chi connectivity index (χ0n) is 9.42. The molecule has 0 atom stereocenters. The maximum atomic E-state index is 5.94. The van der Waals surface area contributed by atoms with Crippen LogP contribution in [0.4, 0.5) is 0 Å². The van der Waals surface area contributed by atoms with E-state index in [-0.39, 0.29) is 0 Å². The molecule has 0 aliphatic rings. The van der Waals surface area contributed by atoms with Crippen molar-refractivity contribution in [2.75, 3.05) is 13.2 Å². The van der Waals surface area contributed by atoms with Crippen LogP contribution in [0.1, 0.15) is 26.3 Å². The Labute approximate surface area is 96.2 Å². The Morgan fingerprint density at radius 2 is 1.80 bits per heavy atom. The van der Waals surface area contributed by atoms with Gasteiger partial charge in [-0.1, -0.05) is 23.7 Å². The second-order valence-electron chi connectivity index (χ2n) is 3.32. The Balaban J connectivity index is 2.97. The van der Waals surface area contributed by atoms with Gasteiger partial charge >= 0.3 is 0 Å². The summed E-state index contributed by atoms with van der Waals surface area (Å²) >= 11 is 5.94. The van der Waals surface area contributed by atoms with Crippen LogP contribution in [0.5, 0.6) is 0 Å². The predicted octanol–water partition coefficient (Wildman–Crippen LogP) is 3.59. The average Bonchev–Trinajstić information content (AvgIpc) is 2.18. The molecule has 1 aromatic rings. The van der Waals surface area contributed by atoms with E-state index in [1.54, 1.807) is 0 Å². The lowest BCUT2D eigenvalue weighted by Crippen LogP contribution is -2.29. The van der Waals surface area contributed by atoms with Gasteiger partial charge in [0.15, 0.2) is 5.79 Å². The van der Waals surface area contributed by atoms with Gasteiger partial charge in [0.25, 0.3) is 0 Å². The van der Waals surface area contributed by atoms with E-state index in [1.165, 1.54) is 0 Å². The Hall–Kier alpha value is -0.570. The molecule has 1 aromatic carbocycles. The molecule has 84 valence electrons. The quantitative estimate of drug-likeness (QED) is 0.718. The van der Waals surface area contributed by atoms with Crippen molar-refractivity contribution in [3.63, 3.8) is 0 Å². The Kier molecular flexibility index (Phi) is 4.58. The van der Waals surface area contributed by atoms with Crippen molar-refractivity contribution in [1.82, 2.24) is 0 Å². The fourth-order valence-corrected chi connectivity index (χ4v) is 1.72. The van der Waals surface area contributed by atoms with E-state index in [2.05, 4.69) is 0 Å². The van der Waals surface area contributed by atoms with Gasteiger partial charge in [0.05, 0.1) is 0 Å². The number of hydrogen-bond donors (Lipinski definition) is 0. The van der Waals surface area contributed by atoms with E-state index >= 15 is 0 Å². The SMILES string of the molecule is CCOC(C)(OCC)c1cccc(Cl)c1. The van der Waals surface area contributed by atoms with Gasteiger partial charge in [0.1, 0.15) is 0 Å². The second kappa shape index (κ2) is 5.50. The normalized spacial score (nSPS) is 11.7. The van der Waals surface area contributed by atoms with Crippen LogP contribution >= 0.6 is 11.6 Å². The smallest absolute Gasteiger partial charge is 0.191 e. The maximum Gasteiger partial charge on any atom is 0.191 e. The van der Waals surface area contributed by atoms with Crippen LogP contribution in [0.3, 0.4) is 0 Å². The molecule has 0 saturated carbocycles. The van der Waals surface area contributed by atoms with Crippen molar-refractivity contribution in [2.45, 2.75) is 26.6 Å². The largest absolute Gasteiger partial charge is 0.346 e. The monoisotopic (exact) mass is 228 g/mol. The first kappa shape index (κ1) is 12.5. The van der Waals surface area contributed by atoms with Crippen molar-refractivity contribution in [1.29, 1.82) is 0 Å². The molecule has 0 fully saturated rings. The minimum Gasteiger partial charge on any atom is -0.346 e. The highest BCUT2D eigenvalue weighted by molar-refractivity contribution is 6.30. The highest BCUT2D eigenvalue weighted by Crippen LogP contribution is 2.28. The van der Waals surface area contributed by atoms with Gasteiger partial charge in [0, 0.05) is 23.8 Å². The molecule has 0 radical (unpaired) electrons. The van der Waals surface area contributed by atoms with Crippen LogP contribution in [-0.2, 0) is 15.3 Å². The molecule has 1 rings (SSSR count). The Morgan fingerprint density at radius 1 is 1.20 bits per heavy atom. The number of ether oxygens (including phenoxy) is 2. The zero-order chi connectivity index (χ0) is 11.3. The first-order valence-corrected chi connectivity index (χ1v) is 5.54. The molecule has 0 bridgehead atoms. The standard InChI is InChI=1S/C12H17ClO2/c1-4-14-12(3,15-5-2)10-7-6-8-11(13)9-10/h6-9H,4-5H2,1-3H3. The summed E-state index contributed by atoms with van der Waals surface area (Å²) in [4.78, 5) is 0. The molecule has 0 amide bonds. The Morgan fingerprint density at radius 3 is 2.27 bits per heavy atom. The van der Waals surface area contributed by atoms with Crippen molar-refractivity contribution < 1.29 is 9.47 Å². The van der Waals surface area contributed by atoms with Gasteiger partial charge in [-0.05, 0) is 32.9 Å². The van der Waals surface area contributed by atoms with E-state index in [4.69, 9.17) is 21.1 Å². The number of rotatable bonds is 5. The van der Waals surface area contributed by atoms with Gasteiger partial charge in [-0.2, -0.15) is 0 Å². The molecule has 3 heteroatoms. The van der Waals surface area contributed by atoms with Crippen LogP contribution in [0.2, 0.25) is 5.02 Å². The summed E-state index contributed by atoms with van der Waals surface area (Å²) in [5, 5.41) is 0.693. The molecule has 0 aromatic heterocycles. The first-order valence-electron chi connectivity index (χ1n) is 5.16. The van der Waals surface area contributed by atoms with Crippen LogP contribution < -0.4 is 0 Å². The first-order chi connectivity index (χ1) is 7.12. The highest BCUT2D eigenvalue weighted by atomic mass is 35.5. The highest BCUT2D eigenvalue weighted by Gasteiger charge is 2.27. The van der Waals surface area contributed by atoms with Crippen molar-refractivity contribution in [2.24, 2.45) is 0 Å². The van der Waals surface area contributed by atoms with Gasteiger partial charge in [-0.25, -0.2) is 0 Å². The minimum absolute atomic E-state index is 0.600. The lowest BCUT2D eigenvalue weighted by atomic mass is 10.1. The fourth-order valence-electron chi connectivity index (χ4n) is 1.53. The molecule has 15 heavy (non-hydrogen) atoms. The zero-order valence-corrected chi connectivity index (χ0v) is 10.2. The van der Waals surface area contributed by atoms with Crippen LogP contribution in [-0.4, -0.2) is 13.2 Å². The van der Waals surface area contributed by atoms with Gasteiger partial charge in [-0.3, -0.25) is 0 Å². The lowest BCUT2D eigenvalue weighted by Gasteiger charge is -2.29. The van der Waals surface area contributed by atoms with Crippen LogP contribution in [0.15, 0.2) is 24.3 Å². The molecule has 0 aliphatic heterocycles. The molecular weight excluding hydrogens is 212 g/mol. The van der Waals surface area contributed by atoms with E-state index in [0.29, 0.717) is 18.2 Å². The number of halogens is 1. The van der Waals surface area contributed by atoms with Crippen LogP contribution in [0.25, 0.3) is 0 Å². The summed E-state index contributed by atoms with van der Waals surface area (Å²) in [5.41, 5.74) is 0.943. The van der Waals surface area contributed by atoms with E-state index in [9.17, 15) is 0 Å². The summed E-state index contributed by atoms with van der Waals surface area (Å²) in [6.07, 6.45) is 0. The van der Waals surface area contributed by atoms with Gasteiger partial charge < -0.3 is 9.47 Å². The van der Waals surface area contributed by atoms with Crippen molar-refractivity contribution in [3.05, 3.63) is 34.9 Å². The minimum atomic E-state index is -0.700. The molecule has 2 nitrogen and oxygen atoms in total. The topological polar surface area (TPSA) is 18.5 Å². The maximum absolute atomic E-state index is 5.94. The molecular formula is C12H17ClO2. The lowest BCUT2D eigenvalue weighted by molar-refractivity contribution is -0.229. The molecule has 0 aliphatic carbocycles. The third-order valence-corrected chi connectivity index (χ3v) is 2.42.